The third-order valence-electron chi connectivity index (χ3n) is 10.9. The van der Waals surface area contributed by atoms with Crippen LogP contribution in [0.3, 0.4) is 0 Å². The number of carbonyl (C=O) groups excluding carboxylic acids is 3. The third kappa shape index (κ3) is 5.85. The molecule has 3 amide bonds. The normalized spacial score (nSPS) is 27.3. The molecule has 3 N–H and O–H groups in total. The highest BCUT2D eigenvalue weighted by Gasteiger charge is 2.64. The van der Waals surface area contributed by atoms with Gasteiger partial charge in [0, 0.05) is 29.7 Å². The molecule has 10 nitrogen and oxygen atoms in total. The van der Waals surface area contributed by atoms with E-state index in [2.05, 4.69) is 11.4 Å². The Morgan fingerprint density at radius 1 is 1.08 bits per heavy atom. The Bertz CT molecular complexity index is 1840. The number of amides is 3. The molecule has 1 aliphatic carbocycles. The average Bonchev–Trinajstić information content (AvgIpc) is 3.41. The van der Waals surface area contributed by atoms with Crippen LogP contribution in [0.15, 0.2) is 54.6 Å². The van der Waals surface area contributed by atoms with Crippen molar-refractivity contribution in [3.63, 3.8) is 0 Å². The molecule has 3 aromatic rings. The first kappa shape index (κ1) is 32.9. The number of hydrogen-bond donors (Lipinski definition) is 3. The largest absolute Gasteiger partial charge is 0.363 e. The van der Waals surface area contributed by atoms with Crippen LogP contribution in [0, 0.1) is 23.2 Å². The van der Waals surface area contributed by atoms with E-state index in [9.17, 15) is 38.4 Å². The van der Waals surface area contributed by atoms with Crippen LogP contribution in [0.25, 0.3) is 10.1 Å². The highest BCUT2D eigenvalue weighted by Crippen LogP contribution is 2.58. The molecule has 6 atom stereocenters. The number of rotatable bonds is 7. The number of thiophene rings is 1. The predicted molar refractivity (Wildman–Crippen MR) is 178 cm³/mol. The molecule has 4 fully saturated rings. The van der Waals surface area contributed by atoms with Gasteiger partial charge >= 0.3 is 7.60 Å². The SMILES string of the molecule is N#C[C@@H]1[C@@H](c2ccccc2)CN(C(=O)[C@@H]2CC[C@@H]3CCCCC(CNC(=O)c4cc5cc([C@H](F)P(=O)(O)O)ccc5s4)C(=O)N32)C12CC2. The number of carbonyl (C=O) groups is 3. The van der Waals surface area contributed by atoms with Gasteiger partial charge in [-0.3, -0.25) is 18.9 Å². The maximum atomic E-state index is 14.4. The Balaban J connectivity index is 1.06. The van der Waals surface area contributed by atoms with Crippen molar-refractivity contribution in [2.75, 3.05) is 13.1 Å². The molecule has 0 radical (unpaired) electrons. The summed E-state index contributed by atoms with van der Waals surface area (Å²) in [6, 6.07) is 17.5. The van der Waals surface area contributed by atoms with Crippen LogP contribution in [-0.4, -0.2) is 68.0 Å². The molecule has 1 unspecified atom stereocenters. The highest BCUT2D eigenvalue weighted by atomic mass is 32.1. The van der Waals surface area contributed by atoms with Crippen molar-refractivity contribution in [3.8, 4) is 6.07 Å². The fourth-order valence-electron chi connectivity index (χ4n) is 8.29. The summed E-state index contributed by atoms with van der Waals surface area (Å²) in [6.07, 6.45) is 6.08. The van der Waals surface area contributed by atoms with Gasteiger partial charge in [-0.1, -0.05) is 49.2 Å². The number of alkyl halides is 1. The van der Waals surface area contributed by atoms with E-state index in [1.54, 1.807) is 11.0 Å². The van der Waals surface area contributed by atoms with Crippen LogP contribution in [0.2, 0.25) is 0 Å². The van der Waals surface area contributed by atoms with Gasteiger partial charge in [-0.2, -0.15) is 5.26 Å². The Morgan fingerprint density at radius 3 is 2.54 bits per heavy atom. The summed E-state index contributed by atoms with van der Waals surface area (Å²) in [6.45, 7) is 0.567. The van der Waals surface area contributed by atoms with Gasteiger partial charge in [0.05, 0.1) is 28.3 Å². The smallest absolute Gasteiger partial charge is 0.351 e. The zero-order chi connectivity index (χ0) is 33.8. The lowest BCUT2D eigenvalue weighted by atomic mass is 9.85. The Labute approximate surface area is 282 Å². The van der Waals surface area contributed by atoms with E-state index in [4.69, 9.17) is 0 Å². The number of nitriles is 1. The van der Waals surface area contributed by atoms with Crippen LogP contribution in [0.4, 0.5) is 4.39 Å². The van der Waals surface area contributed by atoms with Crippen LogP contribution >= 0.6 is 18.9 Å². The second kappa shape index (κ2) is 12.7. The minimum atomic E-state index is -4.97. The summed E-state index contributed by atoms with van der Waals surface area (Å²) in [7, 11) is -4.97. The molecule has 13 heteroatoms. The van der Waals surface area contributed by atoms with Gasteiger partial charge in [-0.15, -0.1) is 11.3 Å². The average molecular weight is 693 g/mol. The quantitative estimate of drug-likeness (QED) is 0.272. The minimum absolute atomic E-state index is 0.0383. The Kier molecular flexibility index (Phi) is 8.69. The van der Waals surface area contributed by atoms with Gasteiger partial charge in [0.2, 0.25) is 17.7 Å². The standard InChI is InChI=1S/C35H38FN4O6PS/c36-31(47(44,45)46)22-10-13-29-24(16-22)17-30(48-29)32(41)38-19-23-8-4-5-9-25-11-12-28(40(25)33(23)42)34(43)39-20-26(21-6-2-1-3-7-21)27(18-37)35(39)14-15-35/h1-3,6-7,10,13,16-17,23,25-28,31H,4-5,8-9,11-12,14-15,19-20H2,(H,38,41)(H2,44,45,46)/t23?,25-,26+,27+,28-,31+/m0/s1. The number of hydrogen-bond acceptors (Lipinski definition) is 6. The number of likely N-dealkylation sites (tertiary alicyclic amines) is 1. The molecule has 0 bridgehead atoms. The third-order valence-corrected chi connectivity index (χ3v) is 12.9. The molecule has 2 aromatic carbocycles. The minimum Gasteiger partial charge on any atom is -0.351 e. The molecule has 1 aromatic heterocycles. The van der Waals surface area contributed by atoms with Crippen molar-refractivity contribution in [1.82, 2.24) is 15.1 Å². The highest BCUT2D eigenvalue weighted by molar-refractivity contribution is 7.51. The first-order valence-electron chi connectivity index (χ1n) is 16.6. The van der Waals surface area contributed by atoms with Crippen LogP contribution in [0.1, 0.15) is 84.0 Å². The van der Waals surface area contributed by atoms with Crippen LogP contribution < -0.4 is 5.32 Å². The van der Waals surface area contributed by atoms with Crippen molar-refractivity contribution in [2.24, 2.45) is 11.8 Å². The van der Waals surface area contributed by atoms with E-state index in [-0.39, 0.29) is 41.8 Å². The zero-order valence-corrected chi connectivity index (χ0v) is 28.0. The summed E-state index contributed by atoms with van der Waals surface area (Å²) < 4.78 is 26.3. The molecule has 3 saturated heterocycles. The molecule has 48 heavy (non-hydrogen) atoms. The molecule has 4 heterocycles. The van der Waals surface area contributed by atoms with E-state index >= 15 is 0 Å². The van der Waals surface area contributed by atoms with Gasteiger partial charge in [0.25, 0.3) is 5.91 Å². The first-order valence-corrected chi connectivity index (χ1v) is 19.1. The lowest BCUT2D eigenvalue weighted by Crippen LogP contribution is -2.55. The lowest BCUT2D eigenvalue weighted by Gasteiger charge is -2.37. The summed E-state index contributed by atoms with van der Waals surface area (Å²) >= 11 is 1.17. The lowest BCUT2D eigenvalue weighted by molar-refractivity contribution is -0.149. The van der Waals surface area contributed by atoms with Crippen molar-refractivity contribution < 1.29 is 33.1 Å². The van der Waals surface area contributed by atoms with Crippen molar-refractivity contribution in [3.05, 3.63) is 70.6 Å². The monoisotopic (exact) mass is 692 g/mol. The van der Waals surface area contributed by atoms with E-state index in [0.717, 1.165) is 44.1 Å². The molecule has 7 rings (SSSR count). The van der Waals surface area contributed by atoms with Crippen LogP contribution in [0.5, 0.6) is 0 Å². The summed E-state index contributed by atoms with van der Waals surface area (Å²) in [5.41, 5.74) is 0.417. The second-order valence-corrected chi connectivity index (χ2v) is 16.4. The van der Waals surface area contributed by atoms with Gasteiger partial charge in [-0.05, 0) is 73.2 Å². The number of fused-ring (bicyclic) bond motifs is 2. The van der Waals surface area contributed by atoms with E-state index < -0.39 is 36.9 Å². The van der Waals surface area contributed by atoms with Crippen molar-refractivity contribution >= 4 is 46.7 Å². The molecule has 1 saturated carbocycles. The van der Waals surface area contributed by atoms with Gasteiger partial charge in [-0.25, -0.2) is 4.39 Å². The van der Waals surface area contributed by atoms with Crippen molar-refractivity contribution in [2.45, 2.75) is 80.8 Å². The Hall–Kier alpha value is -3.62. The predicted octanol–water partition coefficient (Wildman–Crippen LogP) is 5.63. The number of nitrogens with one attached hydrogen (secondary N) is 1. The molecule has 1 spiro atoms. The van der Waals surface area contributed by atoms with E-state index in [1.807, 2.05) is 35.2 Å². The summed E-state index contributed by atoms with van der Waals surface area (Å²) in [5, 5.41) is 13.6. The fraction of sp³-hybridized carbons (Fsp3) is 0.486. The molecule has 4 aliphatic rings. The summed E-state index contributed by atoms with van der Waals surface area (Å²) in [4.78, 5) is 64.4. The number of nitrogens with zero attached hydrogens (tertiary/aromatic N) is 3. The molecule has 3 aliphatic heterocycles. The number of benzene rings is 2. The van der Waals surface area contributed by atoms with Crippen molar-refractivity contribution in [1.29, 1.82) is 5.26 Å². The number of halogens is 1. The van der Waals surface area contributed by atoms with Gasteiger partial charge in [0.15, 0.2) is 0 Å². The van der Waals surface area contributed by atoms with Gasteiger partial charge in [0.1, 0.15) is 6.04 Å². The first-order chi connectivity index (χ1) is 23.0. The second-order valence-electron chi connectivity index (χ2n) is 13.7. The van der Waals surface area contributed by atoms with Crippen LogP contribution in [-0.2, 0) is 14.2 Å². The molecular formula is C35H38FN4O6PS. The zero-order valence-electron chi connectivity index (χ0n) is 26.3. The summed E-state index contributed by atoms with van der Waals surface area (Å²) in [5.74, 6) is -3.90. The molecule has 252 valence electrons. The maximum Gasteiger partial charge on any atom is 0.363 e. The van der Waals surface area contributed by atoms with Gasteiger partial charge < -0.3 is 24.9 Å². The van der Waals surface area contributed by atoms with E-state index in [1.165, 1.54) is 29.5 Å². The fourth-order valence-corrected chi connectivity index (χ4v) is 9.80. The van der Waals surface area contributed by atoms with E-state index in [0.29, 0.717) is 34.3 Å². The Morgan fingerprint density at radius 2 is 1.83 bits per heavy atom. The maximum absolute atomic E-state index is 14.4. The molecular weight excluding hydrogens is 654 g/mol. The topological polar surface area (TPSA) is 151 Å².